The van der Waals surface area contributed by atoms with Crippen molar-refractivity contribution in [2.45, 2.75) is 52.1 Å². The quantitative estimate of drug-likeness (QED) is 0.289. The van der Waals surface area contributed by atoms with Crippen molar-refractivity contribution in [1.82, 2.24) is 0 Å². The highest BCUT2D eigenvalue weighted by Crippen LogP contribution is 2.23. The molecule has 0 spiro atoms. The Morgan fingerprint density at radius 1 is 1.03 bits per heavy atom. The van der Waals surface area contributed by atoms with Crippen molar-refractivity contribution < 1.29 is 18.8 Å². The zero-order valence-electron chi connectivity index (χ0n) is 19.6. The van der Waals surface area contributed by atoms with E-state index >= 15 is 0 Å². The highest BCUT2D eigenvalue weighted by molar-refractivity contribution is 6.52. The lowest BCUT2D eigenvalue weighted by Gasteiger charge is -2.07. The number of unbranched alkanes of at least 4 members (excludes halogenated alkanes) is 4. The molecule has 1 N–H and O–H groups in total. The van der Waals surface area contributed by atoms with Crippen LogP contribution >= 0.6 is 0 Å². The molecule has 0 fully saturated rings. The fourth-order valence-corrected chi connectivity index (χ4v) is 2.68. The number of carboxylic acids is 1. The topological polar surface area (TPSA) is 79.5 Å². The molecule has 0 bridgehead atoms. The number of rotatable bonds is 11. The van der Waals surface area contributed by atoms with E-state index in [2.05, 4.69) is 19.2 Å². The predicted octanol–water partition coefficient (Wildman–Crippen LogP) is 4.85. The highest BCUT2D eigenvalue weighted by atomic mass is 28.3. The van der Waals surface area contributed by atoms with Crippen LogP contribution in [0.25, 0.3) is 11.1 Å². The molecule has 0 aliphatic rings. The molecule has 0 radical (unpaired) electrons. The van der Waals surface area contributed by atoms with Crippen molar-refractivity contribution in [3.8, 4) is 22.9 Å². The molecule has 7 heteroatoms. The van der Waals surface area contributed by atoms with E-state index in [1.165, 1.54) is 0 Å². The summed E-state index contributed by atoms with van der Waals surface area (Å²) in [5, 5.41) is 17.6. The Bertz CT molecular complexity index is 872. The number of benzene rings is 2. The molecule has 0 saturated carbocycles. The number of aliphatic carboxylic acids is 1. The van der Waals surface area contributed by atoms with Crippen LogP contribution in [0, 0.1) is 11.3 Å². The summed E-state index contributed by atoms with van der Waals surface area (Å²) in [5.74, 6) is 0.0148. The van der Waals surface area contributed by atoms with E-state index in [-0.39, 0.29) is 0 Å². The lowest BCUT2D eigenvalue weighted by Crippen LogP contribution is -2.02. The molecule has 0 aliphatic carbocycles. The minimum absolute atomic E-state index is 0.419. The summed E-state index contributed by atoms with van der Waals surface area (Å²) in [6.07, 6.45) is 6.74. The van der Waals surface area contributed by atoms with Gasteiger partial charge in [-0.15, -0.1) is 0 Å². The van der Waals surface area contributed by atoms with Gasteiger partial charge in [-0.2, -0.15) is 5.26 Å². The minimum atomic E-state index is -0.839. The second kappa shape index (κ2) is 16.0. The molecule has 0 unspecified atom stereocenters. The van der Waals surface area contributed by atoms with Crippen LogP contribution in [0.4, 0.5) is 0 Å². The molecule has 2 rings (SSSR count). The maximum Gasteiger partial charge on any atom is 0.330 e. The van der Waals surface area contributed by atoms with Crippen LogP contribution in [0.5, 0.6) is 5.75 Å². The lowest BCUT2D eigenvalue weighted by atomic mass is 10.0. The van der Waals surface area contributed by atoms with Crippen LogP contribution in [0.15, 0.2) is 60.2 Å². The van der Waals surface area contributed by atoms with Crippen molar-refractivity contribution in [1.29, 1.82) is 5.26 Å². The van der Waals surface area contributed by atoms with Gasteiger partial charge in [0, 0.05) is 5.57 Å². The number of nitriles is 1. The normalized spacial score (nSPS) is 10.9. The molecular formula is C25H35NO4Si2. The summed E-state index contributed by atoms with van der Waals surface area (Å²) >= 11 is 0. The second-order valence-electron chi connectivity index (χ2n) is 7.74. The van der Waals surface area contributed by atoms with Crippen molar-refractivity contribution in [3.05, 3.63) is 65.7 Å². The molecule has 0 aromatic heterocycles. The van der Waals surface area contributed by atoms with Crippen molar-refractivity contribution in [2.75, 3.05) is 6.61 Å². The van der Waals surface area contributed by atoms with Gasteiger partial charge in [0.05, 0.1) is 18.2 Å². The number of ether oxygens (including phenoxy) is 1. The lowest BCUT2D eigenvalue weighted by molar-refractivity contribution is -0.132. The summed E-state index contributed by atoms with van der Waals surface area (Å²) in [6.45, 7) is 6.66. The van der Waals surface area contributed by atoms with Crippen molar-refractivity contribution in [2.24, 2.45) is 0 Å². The van der Waals surface area contributed by atoms with Crippen molar-refractivity contribution in [3.63, 3.8) is 0 Å². The van der Waals surface area contributed by atoms with E-state index in [1.54, 1.807) is 13.0 Å². The Labute approximate surface area is 197 Å². The van der Waals surface area contributed by atoms with E-state index in [1.807, 2.05) is 48.5 Å². The third kappa shape index (κ3) is 11.7. The van der Waals surface area contributed by atoms with Crippen LogP contribution in [-0.2, 0) is 8.91 Å². The average molecular weight is 470 g/mol. The molecule has 0 saturated heterocycles. The standard InChI is InChI=1S/C23H25NO3.C2H10OSi2/c1-18(23(25)26)7-5-3-2-4-6-16-27-22-14-12-21(13-15-22)20-10-8-19(17-24)9-11-20;1-5(2)3-4/h7-15H,2-6,16H2,1H3,(H,25,26);5H,1-2,4H3. The smallest absolute Gasteiger partial charge is 0.330 e. The number of carboxylic acid groups (broad SMARTS) is 1. The molecule has 2 aromatic rings. The Balaban J connectivity index is 0.000000920. The number of hydrogen-bond acceptors (Lipinski definition) is 4. The van der Waals surface area contributed by atoms with Crippen LogP contribution in [0.3, 0.4) is 0 Å². The minimum Gasteiger partial charge on any atom is -0.494 e. The third-order valence-corrected chi connectivity index (χ3v) is 8.60. The van der Waals surface area contributed by atoms with E-state index in [9.17, 15) is 4.79 Å². The summed E-state index contributed by atoms with van der Waals surface area (Å²) in [4.78, 5) is 10.7. The molecule has 2 aromatic carbocycles. The van der Waals surface area contributed by atoms with E-state index in [0.29, 0.717) is 17.7 Å². The van der Waals surface area contributed by atoms with E-state index in [4.69, 9.17) is 19.2 Å². The Kier molecular flexibility index (Phi) is 13.7. The van der Waals surface area contributed by atoms with Gasteiger partial charge in [0.25, 0.3) is 0 Å². The van der Waals surface area contributed by atoms with Crippen LogP contribution in [0.2, 0.25) is 13.1 Å². The first-order valence-electron chi connectivity index (χ1n) is 11.0. The zero-order valence-corrected chi connectivity index (χ0v) is 22.8. The van der Waals surface area contributed by atoms with Crippen molar-refractivity contribution >= 4 is 25.5 Å². The monoisotopic (exact) mass is 469 g/mol. The van der Waals surface area contributed by atoms with Gasteiger partial charge < -0.3 is 14.0 Å². The molecule has 32 heavy (non-hydrogen) atoms. The maximum absolute atomic E-state index is 10.7. The van der Waals surface area contributed by atoms with Crippen LogP contribution < -0.4 is 4.74 Å². The highest BCUT2D eigenvalue weighted by Gasteiger charge is 2.00. The SMILES string of the molecule is CC(=CCCCCCCOc1ccc(-c2ccc(C#N)cc2)cc1)C(=O)O.C[SiH](C)O[SiH3]. The number of carbonyl (C=O) groups is 1. The predicted molar refractivity (Wildman–Crippen MR) is 136 cm³/mol. The van der Waals surface area contributed by atoms with Gasteiger partial charge in [-0.3, -0.25) is 0 Å². The summed E-state index contributed by atoms with van der Waals surface area (Å²) in [7, 11) is 0.347. The summed E-state index contributed by atoms with van der Waals surface area (Å²) < 4.78 is 10.8. The number of hydrogen-bond donors (Lipinski definition) is 1. The van der Waals surface area contributed by atoms with Gasteiger partial charge in [0.1, 0.15) is 16.2 Å². The molecular weight excluding hydrogens is 434 g/mol. The zero-order chi connectivity index (χ0) is 23.8. The van der Waals surface area contributed by atoms with Crippen LogP contribution in [-0.4, -0.2) is 37.2 Å². The molecule has 0 atom stereocenters. The van der Waals surface area contributed by atoms with Gasteiger partial charge in [-0.25, -0.2) is 4.79 Å². The summed E-state index contributed by atoms with van der Waals surface area (Å²) in [6, 6.07) is 17.6. The van der Waals surface area contributed by atoms with Gasteiger partial charge in [-0.1, -0.05) is 43.2 Å². The fraction of sp³-hybridized carbons (Fsp3) is 0.360. The molecule has 0 heterocycles. The first-order chi connectivity index (χ1) is 15.4. The molecule has 172 valence electrons. The third-order valence-electron chi connectivity index (χ3n) is 4.83. The summed E-state index contributed by atoms with van der Waals surface area (Å²) in [5.41, 5.74) is 3.25. The van der Waals surface area contributed by atoms with Gasteiger partial charge in [-0.05, 0) is 74.7 Å². The largest absolute Gasteiger partial charge is 0.494 e. The second-order valence-corrected chi connectivity index (χ2v) is 11.7. The van der Waals surface area contributed by atoms with E-state index in [0.717, 1.165) is 59.5 Å². The Morgan fingerprint density at radius 2 is 1.56 bits per heavy atom. The first-order valence-corrected chi connectivity index (χ1v) is 14.6. The number of nitrogens with zero attached hydrogens (tertiary/aromatic N) is 1. The van der Waals surface area contributed by atoms with Gasteiger partial charge >= 0.3 is 5.97 Å². The fourth-order valence-electron chi connectivity index (χ4n) is 2.68. The average Bonchev–Trinajstić information content (AvgIpc) is 2.81. The Morgan fingerprint density at radius 3 is 2.06 bits per heavy atom. The van der Waals surface area contributed by atoms with Gasteiger partial charge in [0.15, 0.2) is 9.04 Å². The first kappa shape index (κ1) is 27.4. The number of allylic oxidation sites excluding steroid dienone is 1. The van der Waals surface area contributed by atoms with Gasteiger partial charge in [0.2, 0.25) is 0 Å². The molecule has 0 amide bonds. The van der Waals surface area contributed by atoms with E-state index < -0.39 is 15.0 Å². The molecule has 5 nitrogen and oxygen atoms in total. The molecule has 0 aliphatic heterocycles. The maximum atomic E-state index is 10.7. The Hall–Kier alpha value is -2.67. The van der Waals surface area contributed by atoms with Crippen LogP contribution in [0.1, 0.15) is 44.6 Å².